The number of likely N-dealkylation sites (N-methyl/N-ethyl adjacent to an activating group) is 1. The third-order valence-corrected chi connectivity index (χ3v) is 5.03. The topological polar surface area (TPSA) is 58.1 Å². The van der Waals surface area contributed by atoms with Crippen LogP contribution in [-0.2, 0) is 9.47 Å². The molecule has 158 valence electrons. The summed E-state index contributed by atoms with van der Waals surface area (Å²) in [6, 6.07) is 8.19. The van der Waals surface area contributed by atoms with Crippen molar-refractivity contribution in [2.45, 2.75) is 25.8 Å². The highest BCUT2D eigenvalue weighted by Gasteiger charge is 2.15. The highest BCUT2D eigenvalue weighted by Crippen LogP contribution is 2.20. The number of benzene rings is 1. The first kappa shape index (κ1) is 22.9. The van der Waals surface area contributed by atoms with Gasteiger partial charge in [-0.25, -0.2) is 0 Å². The number of aliphatic imine (C=N–C) groups is 1. The molecule has 7 heteroatoms. The first-order valence-corrected chi connectivity index (χ1v) is 10.6. The average molecular weight is 411 g/mol. The normalized spacial score (nSPS) is 18.5. The number of nitrogens with zero attached hydrogens (tertiary/aromatic N) is 2. The lowest BCUT2D eigenvalue weighted by Gasteiger charge is -2.24. The van der Waals surface area contributed by atoms with Gasteiger partial charge in [-0.05, 0) is 51.6 Å². The van der Waals surface area contributed by atoms with Crippen molar-refractivity contribution in [3.05, 3.63) is 34.9 Å². The van der Waals surface area contributed by atoms with E-state index < -0.39 is 0 Å². The number of hydrogen-bond donors (Lipinski definition) is 2. The van der Waals surface area contributed by atoms with Crippen molar-refractivity contribution >= 4 is 17.6 Å². The maximum absolute atomic E-state index is 6.02. The lowest BCUT2D eigenvalue weighted by atomic mass is 10.1. The van der Waals surface area contributed by atoms with Crippen molar-refractivity contribution in [3.8, 4) is 0 Å². The minimum atomic E-state index is 0.199. The molecule has 0 bridgehead atoms. The Morgan fingerprint density at radius 1 is 1.32 bits per heavy atom. The van der Waals surface area contributed by atoms with E-state index in [1.807, 2.05) is 12.1 Å². The molecule has 1 aliphatic rings. The molecule has 1 aliphatic heterocycles. The Morgan fingerprint density at radius 3 is 2.75 bits per heavy atom. The molecule has 1 fully saturated rings. The molecule has 0 spiro atoms. The molecule has 0 saturated carbocycles. The van der Waals surface area contributed by atoms with Crippen molar-refractivity contribution < 1.29 is 9.47 Å². The second-order valence-corrected chi connectivity index (χ2v) is 7.77. The van der Waals surface area contributed by atoms with Gasteiger partial charge in [0.15, 0.2) is 5.96 Å². The fraction of sp³-hybridized carbons (Fsp3) is 0.667. The number of halogens is 1. The SMILES string of the molecule is CCNC(=NCC(c1ccc(Cl)cc1)N(C)C)NCCCOCC1CCOC1. The van der Waals surface area contributed by atoms with Gasteiger partial charge in [0.25, 0.3) is 0 Å². The minimum absolute atomic E-state index is 0.199. The van der Waals surface area contributed by atoms with E-state index in [9.17, 15) is 0 Å². The van der Waals surface area contributed by atoms with E-state index in [4.69, 9.17) is 26.1 Å². The van der Waals surface area contributed by atoms with Gasteiger partial charge in [-0.1, -0.05) is 23.7 Å². The first-order chi connectivity index (χ1) is 13.6. The molecule has 2 rings (SSSR count). The molecule has 0 radical (unpaired) electrons. The van der Waals surface area contributed by atoms with Crippen molar-refractivity contribution in [3.63, 3.8) is 0 Å². The second kappa shape index (κ2) is 13.0. The lowest BCUT2D eigenvalue weighted by Crippen LogP contribution is -2.38. The molecule has 2 atom stereocenters. The van der Waals surface area contributed by atoms with Gasteiger partial charge in [0.2, 0.25) is 0 Å². The van der Waals surface area contributed by atoms with Crippen LogP contribution in [0.2, 0.25) is 5.02 Å². The highest BCUT2D eigenvalue weighted by atomic mass is 35.5. The molecule has 1 aromatic rings. The summed E-state index contributed by atoms with van der Waals surface area (Å²) in [6.07, 6.45) is 2.07. The summed E-state index contributed by atoms with van der Waals surface area (Å²) in [4.78, 5) is 6.95. The van der Waals surface area contributed by atoms with Gasteiger partial charge in [-0.15, -0.1) is 0 Å². The number of rotatable bonds is 11. The Kier molecular flexibility index (Phi) is 10.6. The number of guanidine groups is 1. The number of nitrogens with one attached hydrogen (secondary N) is 2. The van der Waals surface area contributed by atoms with E-state index in [0.717, 1.165) is 63.3 Å². The zero-order valence-electron chi connectivity index (χ0n) is 17.4. The summed E-state index contributed by atoms with van der Waals surface area (Å²) in [5.41, 5.74) is 1.21. The fourth-order valence-corrected chi connectivity index (χ4v) is 3.24. The Hall–Kier alpha value is -1.34. The molecule has 0 amide bonds. The molecule has 1 heterocycles. The Bertz CT molecular complexity index is 574. The Labute approximate surface area is 174 Å². The van der Waals surface area contributed by atoms with Gasteiger partial charge in [0.1, 0.15) is 0 Å². The molecular formula is C21H35ClN4O2. The van der Waals surface area contributed by atoms with Gasteiger partial charge in [0.05, 0.1) is 25.8 Å². The zero-order valence-corrected chi connectivity index (χ0v) is 18.2. The molecule has 28 heavy (non-hydrogen) atoms. The zero-order chi connectivity index (χ0) is 20.2. The van der Waals surface area contributed by atoms with Gasteiger partial charge in [-0.2, -0.15) is 0 Å². The fourth-order valence-electron chi connectivity index (χ4n) is 3.12. The van der Waals surface area contributed by atoms with Crippen LogP contribution in [0.25, 0.3) is 0 Å². The standard InChI is InChI=1S/C21H35ClN4O2/c1-4-23-21(24-11-5-12-27-15-17-10-13-28-16-17)25-14-20(26(2)3)18-6-8-19(22)9-7-18/h6-9,17,20H,4-5,10-16H2,1-3H3,(H2,23,24,25). The monoisotopic (exact) mass is 410 g/mol. The van der Waals surface area contributed by atoms with Gasteiger partial charge >= 0.3 is 0 Å². The molecule has 0 aromatic heterocycles. The van der Waals surface area contributed by atoms with Crippen LogP contribution in [0.4, 0.5) is 0 Å². The Morgan fingerprint density at radius 2 is 2.11 bits per heavy atom. The second-order valence-electron chi connectivity index (χ2n) is 7.34. The molecule has 0 aliphatic carbocycles. The van der Waals surface area contributed by atoms with E-state index >= 15 is 0 Å². The van der Waals surface area contributed by atoms with Gasteiger partial charge in [-0.3, -0.25) is 4.99 Å². The predicted molar refractivity (Wildman–Crippen MR) is 116 cm³/mol. The van der Waals surface area contributed by atoms with Crippen LogP contribution in [0.15, 0.2) is 29.3 Å². The summed E-state index contributed by atoms with van der Waals surface area (Å²) >= 11 is 6.02. The van der Waals surface area contributed by atoms with E-state index in [0.29, 0.717) is 12.5 Å². The quantitative estimate of drug-likeness (QED) is 0.333. The average Bonchev–Trinajstić information content (AvgIpc) is 3.19. The summed E-state index contributed by atoms with van der Waals surface area (Å²) in [7, 11) is 4.14. The maximum Gasteiger partial charge on any atom is 0.191 e. The van der Waals surface area contributed by atoms with Crippen molar-refractivity contribution in [1.82, 2.24) is 15.5 Å². The van der Waals surface area contributed by atoms with Crippen LogP contribution in [0.3, 0.4) is 0 Å². The maximum atomic E-state index is 6.02. The Balaban J connectivity index is 1.76. The third kappa shape index (κ3) is 8.35. The summed E-state index contributed by atoms with van der Waals surface area (Å²) in [5, 5.41) is 7.47. The largest absolute Gasteiger partial charge is 0.381 e. The van der Waals surface area contributed by atoms with E-state index in [2.05, 4.69) is 48.7 Å². The van der Waals surface area contributed by atoms with Crippen molar-refractivity contribution in [1.29, 1.82) is 0 Å². The van der Waals surface area contributed by atoms with E-state index in [1.54, 1.807) is 0 Å². The summed E-state index contributed by atoms with van der Waals surface area (Å²) in [5.74, 6) is 1.41. The van der Waals surface area contributed by atoms with E-state index in [1.165, 1.54) is 5.56 Å². The van der Waals surface area contributed by atoms with Crippen LogP contribution in [0.5, 0.6) is 0 Å². The molecule has 2 unspecified atom stereocenters. The van der Waals surface area contributed by atoms with Gasteiger partial charge < -0.3 is 25.0 Å². The van der Waals surface area contributed by atoms with Crippen molar-refractivity contribution in [2.24, 2.45) is 10.9 Å². The number of hydrogen-bond acceptors (Lipinski definition) is 4. The van der Waals surface area contributed by atoms with Crippen LogP contribution >= 0.6 is 11.6 Å². The van der Waals surface area contributed by atoms with Crippen LogP contribution in [-0.4, -0.2) is 71.0 Å². The van der Waals surface area contributed by atoms with Crippen LogP contribution < -0.4 is 10.6 Å². The predicted octanol–water partition coefficient (Wildman–Crippen LogP) is 2.94. The number of ether oxygens (including phenoxy) is 2. The molecule has 1 saturated heterocycles. The van der Waals surface area contributed by atoms with E-state index in [-0.39, 0.29) is 6.04 Å². The first-order valence-electron chi connectivity index (χ1n) is 10.2. The summed E-state index contributed by atoms with van der Waals surface area (Å²) in [6.45, 7) is 7.69. The molecule has 2 N–H and O–H groups in total. The minimum Gasteiger partial charge on any atom is -0.381 e. The van der Waals surface area contributed by atoms with Crippen molar-refractivity contribution in [2.75, 3.05) is 60.2 Å². The molecule has 6 nitrogen and oxygen atoms in total. The van der Waals surface area contributed by atoms with Crippen LogP contribution in [0, 0.1) is 5.92 Å². The molecule has 1 aromatic carbocycles. The van der Waals surface area contributed by atoms with Crippen LogP contribution in [0.1, 0.15) is 31.4 Å². The molecular weight excluding hydrogens is 376 g/mol. The summed E-state index contributed by atoms with van der Waals surface area (Å²) < 4.78 is 11.1. The van der Waals surface area contributed by atoms with Gasteiger partial charge in [0, 0.05) is 37.2 Å². The lowest BCUT2D eigenvalue weighted by molar-refractivity contribution is 0.0888. The third-order valence-electron chi connectivity index (χ3n) is 4.78. The smallest absolute Gasteiger partial charge is 0.191 e. The highest BCUT2D eigenvalue weighted by molar-refractivity contribution is 6.30.